The monoisotopic (exact) mass is 1300 g/mol. The summed E-state index contributed by atoms with van der Waals surface area (Å²) < 4.78 is 134. The highest BCUT2D eigenvalue weighted by molar-refractivity contribution is 9.10. The molecule has 2 amide bonds. The average Bonchev–Trinajstić information content (AvgIpc) is 1.69. The second-order valence-corrected chi connectivity index (χ2v) is 23.1. The summed E-state index contributed by atoms with van der Waals surface area (Å²) in [5.74, 6) is -2.64. The van der Waals surface area contributed by atoms with Crippen molar-refractivity contribution in [1.29, 1.82) is 0 Å². The van der Waals surface area contributed by atoms with Crippen molar-refractivity contribution in [2.75, 3.05) is 10.6 Å². The molecule has 87 heavy (non-hydrogen) atoms. The number of halogens is 10. The van der Waals surface area contributed by atoms with Gasteiger partial charge in [-0.15, -0.1) is 12.4 Å². The average molecular weight is 1300 g/mol. The summed E-state index contributed by atoms with van der Waals surface area (Å²) in [6.45, 7) is 11.3. The zero-order chi connectivity index (χ0) is 62.5. The lowest BCUT2D eigenvalue weighted by Crippen LogP contribution is -2.41. The minimum atomic E-state index is -4.48. The largest absolute Gasteiger partial charge is 0.494 e. The topological polar surface area (TPSA) is 256 Å². The summed E-state index contributed by atoms with van der Waals surface area (Å²) >= 11 is 3.11. The van der Waals surface area contributed by atoms with E-state index in [0.717, 1.165) is 40.7 Å². The second kappa shape index (κ2) is 24.7. The standard InChI is InChI=1S/C25H22F4N6O3.C21H23BF4N2O4.C10H11BrN4O.ClH/c1-13-16(12-35(2)33-13)8-20-30-11-17(23(37)32-20)14-3-4-15(18(26)7-14)9-22(36)31-21-10-19(38-34-21)24(5-6-24)25(27,28)29;1-18(2)19(3,4)32-22(31-18)13-6-5-12(14(23)10-13)9-17(29)27-16-11-15(30-28-16)20(7-8-20)21(24,25)26;1-6-7(5-15(2)14-6)3-9-12-4-8(11)10(16)13-9;/h3-4,7,10-12H,5-6,8-9H2,1-2H3,(H,30,32,37)(H,31,34,36);5-6,10-11H,7-9H2,1-4H3,(H,27,28,29);4-5H,3H2,1-2H3,(H,12,13,16);1H. The number of aromatic nitrogens is 10. The molecule has 20 nitrogen and oxygen atoms in total. The fourth-order valence-corrected chi connectivity index (χ4v) is 9.56. The molecule has 0 spiro atoms. The van der Waals surface area contributed by atoms with E-state index in [0.29, 0.717) is 34.4 Å². The lowest BCUT2D eigenvalue weighted by Gasteiger charge is -2.32. The Labute approximate surface area is 505 Å². The smallest absolute Gasteiger partial charge is 0.399 e. The summed E-state index contributed by atoms with van der Waals surface area (Å²) in [5.41, 5.74) is -1.07. The summed E-state index contributed by atoms with van der Waals surface area (Å²) in [4.78, 5) is 62.5. The van der Waals surface area contributed by atoms with Gasteiger partial charge in [0.15, 0.2) is 23.2 Å². The third-order valence-electron chi connectivity index (χ3n) is 15.4. The predicted octanol–water partition coefficient (Wildman–Crippen LogP) is 9.45. The van der Waals surface area contributed by atoms with Crippen LogP contribution in [0.3, 0.4) is 0 Å². The van der Waals surface area contributed by atoms with E-state index in [2.05, 4.69) is 67.0 Å². The van der Waals surface area contributed by atoms with Crippen molar-refractivity contribution in [2.24, 2.45) is 14.1 Å². The number of hydrogen-bond acceptors (Lipinski definition) is 14. The van der Waals surface area contributed by atoms with E-state index in [1.54, 1.807) is 22.5 Å². The Morgan fingerprint density at radius 3 is 1.48 bits per heavy atom. The van der Waals surface area contributed by atoms with Gasteiger partial charge in [0, 0.05) is 75.0 Å². The molecule has 8 aromatic rings. The SMILES string of the molecule is CC1(C)OB(c2ccc(CC(=O)Nc3cc(C4(C(F)(F)F)CC4)on3)c(F)c2)OC1(C)C.Cc1nn(C)cc1Cc1ncc(-c2ccc(CC(=O)Nc3cc(C4(C(F)(F)F)CC4)on3)c(F)c2)c(=O)[nH]1.Cc1nn(C)cc1Cc1ncc(Br)c(=O)[nH]1.Cl. The van der Waals surface area contributed by atoms with Crippen LogP contribution in [0.2, 0.25) is 0 Å². The number of rotatable bonds is 14. The van der Waals surface area contributed by atoms with Gasteiger partial charge in [-0.2, -0.15) is 36.5 Å². The van der Waals surface area contributed by atoms with Crippen LogP contribution >= 0.6 is 28.3 Å². The predicted molar refractivity (Wildman–Crippen MR) is 305 cm³/mol. The van der Waals surface area contributed by atoms with Gasteiger partial charge in [-0.05, 0) is 117 Å². The molecule has 462 valence electrons. The maximum atomic E-state index is 14.8. The van der Waals surface area contributed by atoms with Gasteiger partial charge < -0.3 is 39.0 Å². The first kappa shape index (κ1) is 65.2. The van der Waals surface area contributed by atoms with Gasteiger partial charge in [0.05, 0.1) is 41.0 Å². The van der Waals surface area contributed by atoms with Crippen LogP contribution in [0.15, 0.2) is 96.4 Å². The summed E-state index contributed by atoms with van der Waals surface area (Å²) in [6, 6.07) is 10.4. The van der Waals surface area contributed by atoms with Crippen molar-refractivity contribution >= 4 is 64.4 Å². The van der Waals surface area contributed by atoms with Crippen molar-refractivity contribution in [2.45, 2.75) is 127 Å². The Balaban J connectivity index is 0.000000181. The molecule has 2 saturated carbocycles. The minimum Gasteiger partial charge on any atom is -0.399 e. The van der Waals surface area contributed by atoms with E-state index in [4.69, 9.17) is 18.4 Å². The molecule has 11 rings (SSSR count). The lowest BCUT2D eigenvalue weighted by molar-refractivity contribution is -0.166. The molecule has 7 heterocycles. The quantitative estimate of drug-likeness (QED) is 0.0584. The maximum Gasteiger partial charge on any atom is 0.494 e. The van der Waals surface area contributed by atoms with Gasteiger partial charge in [-0.3, -0.25) is 28.5 Å². The number of nitrogens with one attached hydrogen (secondary N) is 4. The van der Waals surface area contributed by atoms with Crippen LogP contribution in [-0.2, 0) is 69.5 Å². The molecule has 3 fully saturated rings. The van der Waals surface area contributed by atoms with Crippen LogP contribution in [0.25, 0.3) is 11.1 Å². The first-order valence-electron chi connectivity index (χ1n) is 26.7. The van der Waals surface area contributed by atoms with E-state index in [9.17, 15) is 54.3 Å². The fourth-order valence-electron chi connectivity index (χ4n) is 9.36. The number of amides is 2. The normalized spacial score (nSPS) is 16.0. The third kappa shape index (κ3) is 14.5. The number of alkyl halides is 6. The Bertz CT molecular complexity index is 3960. The third-order valence-corrected chi connectivity index (χ3v) is 15.9. The van der Waals surface area contributed by atoms with Crippen molar-refractivity contribution in [3.8, 4) is 11.1 Å². The number of H-pyrrole nitrogens is 2. The van der Waals surface area contributed by atoms with Gasteiger partial charge in [0.2, 0.25) is 11.8 Å². The van der Waals surface area contributed by atoms with E-state index in [1.165, 1.54) is 36.7 Å². The molecular formula is C56H57BBrClF8N12O8. The highest BCUT2D eigenvalue weighted by Gasteiger charge is 2.68. The van der Waals surface area contributed by atoms with Crippen molar-refractivity contribution < 1.29 is 63.1 Å². The van der Waals surface area contributed by atoms with Crippen molar-refractivity contribution in [1.82, 2.24) is 49.8 Å². The molecule has 1 aliphatic heterocycles. The van der Waals surface area contributed by atoms with Crippen LogP contribution < -0.4 is 27.2 Å². The Kier molecular flexibility index (Phi) is 18.5. The molecule has 0 unspecified atom stereocenters. The van der Waals surface area contributed by atoms with Crippen LogP contribution in [0, 0.1) is 25.5 Å². The minimum absolute atomic E-state index is 0. The first-order valence-corrected chi connectivity index (χ1v) is 27.4. The number of carbonyl (C=O) groups is 2. The maximum absolute atomic E-state index is 14.8. The van der Waals surface area contributed by atoms with Gasteiger partial charge in [-0.1, -0.05) is 34.6 Å². The van der Waals surface area contributed by atoms with E-state index >= 15 is 0 Å². The molecule has 3 aliphatic rings. The van der Waals surface area contributed by atoms with Crippen molar-refractivity contribution in [3.05, 3.63) is 167 Å². The number of benzene rings is 2. The number of aromatic amines is 2. The molecule has 0 bridgehead atoms. The van der Waals surface area contributed by atoms with Gasteiger partial charge in [-0.25, -0.2) is 18.7 Å². The number of nitrogens with zero attached hydrogens (tertiary/aromatic N) is 8. The first-order chi connectivity index (χ1) is 40.2. The Morgan fingerprint density at radius 1 is 0.655 bits per heavy atom. The fraction of sp³-hybridized carbons (Fsp3) is 0.393. The van der Waals surface area contributed by atoms with Gasteiger partial charge in [0.25, 0.3) is 11.1 Å². The molecule has 0 radical (unpaired) electrons. The molecule has 1 saturated heterocycles. The number of hydrogen-bond donors (Lipinski definition) is 4. The highest BCUT2D eigenvalue weighted by atomic mass is 79.9. The molecule has 6 aromatic heterocycles. The molecular weight excluding hydrogens is 1250 g/mol. The zero-order valence-corrected chi connectivity index (χ0v) is 50.2. The van der Waals surface area contributed by atoms with Crippen LogP contribution in [-0.4, -0.2) is 92.3 Å². The molecule has 2 aromatic carbocycles. The summed E-state index contributed by atoms with van der Waals surface area (Å²) in [5, 5.41) is 20.2. The number of carbonyl (C=O) groups excluding carboxylic acids is 2. The second-order valence-electron chi connectivity index (χ2n) is 22.3. The van der Waals surface area contributed by atoms with Crippen LogP contribution in [0.5, 0.6) is 0 Å². The lowest BCUT2D eigenvalue weighted by atomic mass is 9.78. The Hall–Kier alpha value is -7.83. The number of anilines is 2. The summed E-state index contributed by atoms with van der Waals surface area (Å²) in [6.07, 6.45) is -2.45. The van der Waals surface area contributed by atoms with Crippen LogP contribution in [0.4, 0.5) is 46.8 Å². The van der Waals surface area contributed by atoms with Gasteiger partial charge >= 0.3 is 19.5 Å². The zero-order valence-electron chi connectivity index (χ0n) is 47.8. The molecule has 31 heteroatoms. The van der Waals surface area contributed by atoms with E-state index in [-0.39, 0.29) is 95.5 Å². The van der Waals surface area contributed by atoms with E-state index in [1.807, 2.05) is 61.0 Å². The molecule has 2 aliphatic carbocycles. The van der Waals surface area contributed by atoms with E-state index < -0.39 is 76.9 Å². The van der Waals surface area contributed by atoms with Crippen molar-refractivity contribution in [3.63, 3.8) is 0 Å². The highest BCUT2D eigenvalue weighted by Crippen LogP contribution is 2.60. The summed E-state index contributed by atoms with van der Waals surface area (Å²) in [7, 11) is 2.92. The van der Waals surface area contributed by atoms with Crippen LogP contribution in [0.1, 0.15) is 110 Å². The van der Waals surface area contributed by atoms with Gasteiger partial charge in [0.1, 0.15) is 38.6 Å². The Morgan fingerprint density at radius 2 is 1.09 bits per heavy atom. The molecule has 0 atom stereocenters. The molecule has 4 N–H and O–H groups in total. The number of aryl methyl sites for hydroxylation is 4.